The number of nitrogens with one attached hydrogen (secondary N) is 1. The van der Waals surface area contributed by atoms with Gasteiger partial charge in [-0.05, 0) is 62.7 Å². The predicted octanol–water partition coefficient (Wildman–Crippen LogP) is 3.28. The van der Waals surface area contributed by atoms with Gasteiger partial charge in [0.15, 0.2) is 0 Å². The molecule has 0 amide bonds. The Kier molecular flexibility index (Phi) is 5.14. The molecule has 0 saturated carbocycles. The molecule has 7 heteroatoms. The Bertz CT molecular complexity index is 842. The molecule has 128 valence electrons. The molecule has 0 spiro atoms. The fourth-order valence-corrected chi connectivity index (χ4v) is 3.17. The van der Waals surface area contributed by atoms with Gasteiger partial charge >= 0.3 is 5.97 Å². The third-order valence-electron chi connectivity index (χ3n) is 3.23. The monoisotopic (exact) mass is 349 g/mol. The normalized spacial score (nSPS) is 11.3. The molecule has 0 fully saturated rings. The highest BCUT2D eigenvalue weighted by Crippen LogP contribution is 2.22. The molecule has 0 atom stereocenters. The third kappa shape index (κ3) is 4.26. The van der Waals surface area contributed by atoms with Gasteiger partial charge in [0, 0.05) is 5.69 Å². The van der Waals surface area contributed by atoms with Crippen LogP contribution < -0.4 is 9.46 Å². The van der Waals surface area contributed by atoms with E-state index in [0.29, 0.717) is 17.0 Å². The van der Waals surface area contributed by atoms with E-state index in [9.17, 15) is 13.2 Å². The molecule has 24 heavy (non-hydrogen) atoms. The number of carbonyl (C=O) groups is 1. The average Bonchev–Trinajstić information content (AvgIpc) is 2.48. The SMILES string of the molecule is Cc1ccc(S(=O)(=O)Nc2ccc(OC(C)C)cc2)cc1C(=O)O. The molecule has 0 aromatic heterocycles. The molecule has 0 saturated heterocycles. The van der Waals surface area contributed by atoms with Gasteiger partial charge in [0.25, 0.3) is 10.0 Å². The first-order chi connectivity index (χ1) is 11.2. The van der Waals surface area contributed by atoms with Crippen molar-refractivity contribution in [2.45, 2.75) is 31.8 Å². The maximum absolute atomic E-state index is 12.4. The quantitative estimate of drug-likeness (QED) is 0.835. The maximum Gasteiger partial charge on any atom is 0.335 e. The molecule has 6 nitrogen and oxygen atoms in total. The zero-order valence-electron chi connectivity index (χ0n) is 13.6. The molecule has 2 aromatic carbocycles. The first kappa shape index (κ1) is 17.8. The van der Waals surface area contributed by atoms with Crippen molar-refractivity contribution in [2.75, 3.05) is 4.72 Å². The Morgan fingerprint density at radius 3 is 2.29 bits per heavy atom. The minimum atomic E-state index is -3.88. The van der Waals surface area contributed by atoms with Crippen LogP contribution in [0.15, 0.2) is 47.4 Å². The average molecular weight is 349 g/mol. The second-order valence-corrected chi connectivity index (χ2v) is 7.26. The summed E-state index contributed by atoms with van der Waals surface area (Å²) in [6.45, 7) is 5.41. The van der Waals surface area contributed by atoms with Gasteiger partial charge in [-0.15, -0.1) is 0 Å². The van der Waals surface area contributed by atoms with E-state index < -0.39 is 16.0 Å². The zero-order chi connectivity index (χ0) is 17.9. The fourth-order valence-electron chi connectivity index (χ4n) is 2.09. The third-order valence-corrected chi connectivity index (χ3v) is 4.61. The number of carboxylic acids is 1. The lowest BCUT2D eigenvalue weighted by Crippen LogP contribution is -2.14. The molecule has 0 aliphatic heterocycles. The van der Waals surface area contributed by atoms with Crippen molar-refractivity contribution in [3.8, 4) is 5.75 Å². The fraction of sp³-hybridized carbons (Fsp3) is 0.235. The van der Waals surface area contributed by atoms with Crippen LogP contribution in [-0.2, 0) is 10.0 Å². The number of anilines is 1. The molecule has 0 heterocycles. The largest absolute Gasteiger partial charge is 0.491 e. The minimum absolute atomic E-state index is 0.0227. The summed E-state index contributed by atoms with van der Waals surface area (Å²) in [5.74, 6) is -0.531. The summed E-state index contributed by atoms with van der Waals surface area (Å²) in [6, 6.07) is 10.5. The molecule has 0 unspecified atom stereocenters. The van der Waals surface area contributed by atoms with E-state index in [-0.39, 0.29) is 16.6 Å². The Balaban J connectivity index is 2.25. The van der Waals surface area contributed by atoms with Crippen LogP contribution in [0, 0.1) is 6.92 Å². The topological polar surface area (TPSA) is 92.7 Å². The van der Waals surface area contributed by atoms with Crippen LogP contribution in [0.2, 0.25) is 0 Å². The molecule has 2 rings (SSSR count). The summed E-state index contributed by atoms with van der Waals surface area (Å²) < 4.78 is 32.8. The first-order valence-electron chi connectivity index (χ1n) is 7.32. The van der Waals surface area contributed by atoms with Crippen LogP contribution in [-0.4, -0.2) is 25.6 Å². The lowest BCUT2D eigenvalue weighted by Gasteiger charge is -2.12. The number of carboxylic acid groups (broad SMARTS) is 1. The molecule has 0 aliphatic carbocycles. The van der Waals surface area contributed by atoms with Crippen molar-refractivity contribution in [1.82, 2.24) is 0 Å². The summed E-state index contributed by atoms with van der Waals surface area (Å²) in [6.07, 6.45) is 0.0227. The van der Waals surface area contributed by atoms with E-state index >= 15 is 0 Å². The molecular weight excluding hydrogens is 330 g/mol. The van der Waals surface area contributed by atoms with Crippen molar-refractivity contribution < 1.29 is 23.1 Å². The number of hydrogen-bond acceptors (Lipinski definition) is 4. The highest BCUT2D eigenvalue weighted by Gasteiger charge is 2.18. The van der Waals surface area contributed by atoms with Gasteiger partial charge < -0.3 is 9.84 Å². The Hall–Kier alpha value is -2.54. The van der Waals surface area contributed by atoms with Crippen molar-refractivity contribution in [3.63, 3.8) is 0 Å². The molecule has 0 aliphatic rings. The van der Waals surface area contributed by atoms with Crippen LogP contribution in [0.1, 0.15) is 29.8 Å². The van der Waals surface area contributed by atoms with E-state index in [1.54, 1.807) is 31.2 Å². The maximum atomic E-state index is 12.4. The van der Waals surface area contributed by atoms with Crippen molar-refractivity contribution in [2.24, 2.45) is 0 Å². The number of benzene rings is 2. The van der Waals surface area contributed by atoms with Crippen molar-refractivity contribution in [1.29, 1.82) is 0 Å². The number of rotatable bonds is 6. The summed E-state index contributed by atoms with van der Waals surface area (Å²) >= 11 is 0. The summed E-state index contributed by atoms with van der Waals surface area (Å²) in [7, 11) is -3.88. The van der Waals surface area contributed by atoms with Crippen LogP contribution in [0.25, 0.3) is 0 Å². The number of aromatic carboxylic acids is 1. The molecular formula is C17H19NO5S. The molecule has 2 aromatic rings. The molecule has 2 N–H and O–H groups in total. The highest BCUT2D eigenvalue weighted by molar-refractivity contribution is 7.92. The van der Waals surface area contributed by atoms with E-state index in [0.717, 1.165) is 6.07 Å². The van der Waals surface area contributed by atoms with Gasteiger partial charge in [0.2, 0.25) is 0 Å². The summed E-state index contributed by atoms with van der Waals surface area (Å²) in [4.78, 5) is 11.1. The molecule has 0 bridgehead atoms. The predicted molar refractivity (Wildman–Crippen MR) is 91.2 cm³/mol. The smallest absolute Gasteiger partial charge is 0.335 e. The Labute approximate surface area is 141 Å². The van der Waals surface area contributed by atoms with Crippen LogP contribution >= 0.6 is 0 Å². The van der Waals surface area contributed by atoms with Gasteiger partial charge in [-0.3, -0.25) is 4.72 Å². The number of aryl methyl sites for hydroxylation is 1. The number of hydrogen-bond donors (Lipinski definition) is 2. The van der Waals surface area contributed by atoms with E-state index in [4.69, 9.17) is 9.84 Å². The van der Waals surface area contributed by atoms with Gasteiger partial charge in [-0.1, -0.05) is 6.07 Å². The van der Waals surface area contributed by atoms with Gasteiger partial charge in [0.05, 0.1) is 16.6 Å². The number of ether oxygens (including phenoxy) is 1. The summed E-state index contributed by atoms with van der Waals surface area (Å²) in [5, 5.41) is 9.12. The molecule has 0 radical (unpaired) electrons. The van der Waals surface area contributed by atoms with Crippen LogP contribution in [0.3, 0.4) is 0 Å². The van der Waals surface area contributed by atoms with Crippen molar-refractivity contribution >= 4 is 21.7 Å². The highest BCUT2D eigenvalue weighted by atomic mass is 32.2. The Morgan fingerprint density at radius 2 is 1.75 bits per heavy atom. The van der Waals surface area contributed by atoms with Gasteiger partial charge in [-0.2, -0.15) is 0 Å². The first-order valence-corrected chi connectivity index (χ1v) is 8.81. The van der Waals surface area contributed by atoms with Crippen LogP contribution in [0.5, 0.6) is 5.75 Å². The van der Waals surface area contributed by atoms with E-state index in [1.807, 2.05) is 13.8 Å². The lowest BCUT2D eigenvalue weighted by molar-refractivity contribution is 0.0696. The standard InChI is InChI=1S/C17H19NO5S/c1-11(2)23-14-7-5-13(6-8-14)18-24(21,22)15-9-4-12(3)16(10-15)17(19)20/h4-11,18H,1-3H3,(H,19,20). The lowest BCUT2D eigenvalue weighted by atomic mass is 10.1. The van der Waals surface area contributed by atoms with Gasteiger partial charge in [-0.25, -0.2) is 13.2 Å². The number of sulfonamides is 1. The second-order valence-electron chi connectivity index (χ2n) is 5.58. The summed E-state index contributed by atoms with van der Waals surface area (Å²) in [5.41, 5.74) is 0.818. The van der Waals surface area contributed by atoms with Crippen LogP contribution in [0.4, 0.5) is 5.69 Å². The second kappa shape index (κ2) is 6.92. The van der Waals surface area contributed by atoms with Crippen molar-refractivity contribution in [3.05, 3.63) is 53.6 Å². The van der Waals surface area contributed by atoms with Gasteiger partial charge in [0.1, 0.15) is 5.75 Å². The zero-order valence-corrected chi connectivity index (χ0v) is 14.4. The van der Waals surface area contributed by atoms with E-state index in [2.05, 4.69) is 4.72 Å². The van der Waals surface area contributed by atoms with E-state index in [1.165, 1.54) is 12.1 Å². The minimum Gasteiger partial charge on any atom is -0.491 e. The Morgan fingerprint density at radius 1 is 1.12 bits per heavy atom.